The quantitative estimate of drug-likeness (QED) is 0.473. The Morgan fingerprint density at radius 2 is 1.67 bits per heavy atom. The van der Waals surface area contributed by atoms with Gasteiger partial charge in [0.2, 0.25) is 0 Å². The molecule has 0 unspecified atom stereocenters. The van der Waals surface area contributed by atoms with Gasteiger partial charge in [0, 0.05) is 0 Å². The van der Waals surface area contributed by atoms with E-state index in [-0.39, 0.29) is 24.8 Å². The fraction of sp³-hybridized carbons (Fsp3) is 0.529. The fourth-order valence-corrected chi connectivity index (χ4v) is 30.5. The summed E-state index contributed by atoms with van der Waals surface area (Å²) in [5.74, 6) is 0. The molecule has 2 aliphatic rings. The number of hydrogen-bond donors (Lipinski definition) is 0. The largest absolute Gasteiger partial charge is 0.147 e. The van der Waals surface area contributed by atoms with Gasteiger partial charge in [-0.05, 0) is 0 Å². The summed E-state index contributed by atoms with van der Waals surface area (Å²) >= 11 is -2.90. The second kappa shape index (κ2) is 8.48. The molecule has 0 spiro atoms. The van der Waals surface area contributed by atoms with Crippen LogP contribution < -0.4 is 0 Å². The Balaban J connectivity index is 0.00000200. The fourth-order valence-electron chi connectivity index (χ4n) is 4.48. The van der Waals surface area contributed by atoms with Crippen LogP contribution in [0.25, 0.3) is 0 Å². The molecule has 0 aromatic heterocycles. The molecule has 4 heteroatoms. The van der Waals surface area contributed by atoms with Crippen molar-refractivity contribution in [2.75, 3.05) is 0 Å². The minimum absolute atomic E-state index is 0. The minimum atomic E-state index is -2.90. The zero-order valence-electron chi connectivity index (χ0n) is 13.7. The first kappa shape index (κ1) is 21.6. The van der Waals surface area contributed by atoms with E-state index in [0.29, 0.717) is 0 Å². The van der Waals surface area contributed by atoms with E-state index in [0.717, 1.165) is 0 Å². The zero-order valence-corrected chi connectivity index (χ0v) is 19.2. The van der Waals surface area contributed by atoms with Gasteiger partial charge in [0.1, 0.15) is 0 Å². The molecule has 0 amide bonds. The van der Waals surface area contributed by atoms with Gasteiger partial charge in [-0.3, -0.25) is 0 Å². The summed E-state index contributed by atoms with van der Waals surface area (Å²) in [4.78, 5) is 0. The van der Waals surface area contributed by atoms with Crippen LogP contribution in [0.3, 0.4) is 0 Å². The maximum atomic E-state index is 2.49. The Hall–Kier alpha value is 0.640. The molecular formula is C17H30Cl2SiZr. The topological polar surface area (TPSA) is 0 Å². The number of rotatable bonds is 6. The molecule has 0 radical (unpaired) electrons. The van der Waals surface area contributed by atoms with Crippen LogP contribution in [0.4, 0.5) is 0 Å². The molecular weight excluding hydrogens is 394 g/mol. The van der Waals surface area contributed by atoms with Crippen molar-refractivity contribution in [2.24, 2.45) is 0 Å². The van der Waals surface area contributed by atoms with Gasteiger partial charge in [-0.15, -0.1) is 24.8 Å². The molecule has 0 aromatic carbocycles. The SMILES string of the molecule is CC[CH2][Zr](=[SiH2])([CH2]CC)([C]1=CC=CC1)[C]1=C(C)C=CC1.Cl.Cl. The number of halogens is 2. The van der Waals surface area contributed by atoms with Crippen molar-refractivity contribution < 1.29 is 17.4 Å². The van der Waals surface area contributed by atoms with Gasteiger partial charge in [-0.1, -0.05) is 0 Å². The van der Waals surface area contributed by atoms with Crippen molar-refractivity contribution >= 4 is 31.7 Å². The van der Waals surface area contributed by atoms with Crippen LogP contribution in [-0.2, 0) is 17.4 Å². The van der Waals surface area contributed by atoms with E-state index in [1.165, 1.54) is 33.9 Å². The third-order valence-electron chi connectivity index (χ3n) is 5.28. The molecule has 0 heterocycles. The average Bonchev–Trinajstić information content (AvgIpc) is 3.00. The summed E-state index contributed by atoms with van der Waals surface area (Å²) < 4.78 is 6.75. The van der Waals surface area contributed by atoms with Gasteiger partial charge in [-0.2, -0.15) is 0 Å². The van der Waals surface area contributed by atoms with E-state index in [1.54, 1.807) is 5.57 Å². The first-order chi connectivity index (χ1) is 9.05. The smallest absolute Gasteiger partial charge is 0.147 e. The van der Waals surface area contributed by atoms with Crippen LogP contribution in [-0.4, -0.2) is 6.88 Å². The predicted molar refractivity (Wildman–Crippen MR) is 102 cm³/mol. The van der Waals surface area contributed by atoms with Crippen molar-refractivity contribution in [3.05, 3.63) is 42.5 Å². The van der Waals surface area contributed by atoms with Crippen LogP contribution >= 0.6 is 24.8 Å². The monoisotopic (exact) mass is 422 g/mol. The van der Waals surface area contributed by atoms with Crippen LogP contribution in [0.1, 0.15) is 46.5 Å². The summed E-state index contributed by atoms with van der Waals surface area (Å²) in [5, 5.41) is 0. The Morgan fingerprint density at radius 3 is 2.05 bits per heavy atom. The summed E-state index contributed by atoms with van der Waals surface area (Å²) in [6, 6.07) is 0. The van der Waals surface area contributed by atoms with Crippen LogP contribution in [0.15, 0.2) is 42.5 Å². The van der Waals surface area contributed by atoms with Crippen LogP contribution in [0.2, 0.25) is 8.26 Å². The first-order valence-electron chi connectivity index (χ1n) is 7.83. The molecule has 2 rings (SSSR count). The molecule has 0 N–H and O–H groups in total. The summed E-state index contributed by atoms with van der Waals surface area (Å²) in [6.07, 6.45) is 17.1. The minimum Gasteiger partial charge on any atom is -0.147 e. The van der Waals surface area contributed by atoms with Gasteiger partial charge in [0.05, 0.1) is 0 Å². The van der Waals surface area contributed by atoms with Crippen LogP contribution in [0, 0.1) is 0 Å². The zero-order chi connectivity index (χ0) is 14.0. The molecule has 0 saturated heterocycles. The molecule has 0 aliphatic heterocycles. The van der Waals surface area contributed by atoms with Crippen molar-refractivity contribution in [1.82, 2.24) is 0 Å². The standard InChI is InChI=1S/C6H7.C5H5.2C3H7.2ClH.H2Si.Zr/c1-6-4-2-3-5-6;1-2-4-5-3-1;2*1-3-2;;;;/h2,4H,3H2,1H3;1-3H,4H2;2*1,3H2,2H3;2*1H;1H2;. The van der Waals surface area contributed by atoms with E-state index >= 15 is 0 Å². The van der Waals surface area contributed by atoms with Gasteiger partial charge < -0.3 is 0 Å². The van der Waals surface area contributed by atoms with Crippen molar-refractivity contribution in [3.63, 3.8) is 0 Å². The van der Waals surface area contributed by atoms with E-state index in [4.69, 9.17) is 0 Å². The summed E-state index contributed by atoms with van der Waals surface area (Å²) in [6.45, 7) is 9.62. The summed E-state index contributed by atoms with van der Waals surface area (Å²) in [7, 11) is 0. The molecule has 21 heavy (non-hydrogen) atoms. The molecule has 0 fully saturated rings. The van der Waals surface area contributed by atoms with Crippen molar-refractivity contribution in [3.8, 4) is 0 Å². The molecule has 0 saturated carbocycles. The Labute approximate surface area is 145 Å². The Morgan fingerprint density at radius 1 is 1.05 bits per heavy atom. The van der Waals surface area contributed by atoms with Crippen molar-refractivity contribution in [1.29, 1.82) is 0 Å². The molecule has 0 atom stereocenters. The third-order valence-corrected chi connectivity index (χ3v) is 33.5. The average molecular weight is 425 g/mol. The Bertz CT molecular complexity index is 543. The predicted octanol–water partition coefficient (Wildman–Crippen LogP) is 5.80. The second-order valence-corrected chi connectivity index (χ2v) is 31.7. The molecule has 120 valence electrons. The van der Waals surface area contributed by atoms with E-state index < -0.39 is 17.4 Å². The molecule has 0 nitrogen and oxygen atoms in total. The van der Waals surface area contributed by atoms with Gasteiger partial charge >= 0.3 is 122 Å². The Kier molecular flexibility index (Phi) is 8.74. The third kappa shape index (κ3) is 3.77. The normalized spacial score (nSPS) is 17.6. The number of allylic oxidation sites excluding steroid dienone is 8. The first-order valence-corrected chi connectivity index (χ1v) is 19.7. The van der Waals surface area contributed by atoms with Gasteiger partial charge in [0.25, 0.3) is 0 Å². The van der Waals surface area contributed by atoms with E-state index in [9.17, 15) is 0 Å². The molecule has 2 aliphatic carbocycles. The number of hydrogen-bond acceptors (Lipinski definition) is 0. The van der Waals surface area contributed by atoms with Gasteiger partial charge in [-0.25, -0.2) is 0 Å². The van der Waals surface area contributed by atoms with E-state index in [1.807, 2.05) is 6.56 Å². The molecule has 0 bridgehead atoms. The summed E-state index contributed by atoms with van der Waals surface area (Å²) in [5.41, 5.74) is 1.61. The second-order valence-electron chi connectivity index (χ2n) is 6.53. The van der Waals surface area contributed by atoms with E-state index in [2.05, 4.69) is 58.0 Å². The van der Waals surface area contributed by atoms with Crippen molar-refractivity contribution in [2.45, 2.75) is 54.7 Å². The molecule has 0 aromatic rings. The van der Waals surface area contributed by atoms with Gasteiger partial charge in [0.15, 0.2) is 0 Å². The van der Waals surface area contributed by atoms with Crippen LogP contribution in [0.5, 0.6) is 0 Å². The maximum Gasteiger partial charge on any atom is -0.147 e. The maximum absolute atomic E-state index is 2.90.